The van der Waals surface area contributed by atoms with Crippen molar-refractivity contribution in [3.8, 4) is 0 Å². The quantitative estimate of drug-likeness (QED) is 0.0825. The highest BCUT2D eigenvalue weighted by atomic mass is 79.9. The maximum atomic E-state index is 5.74. The monoisotopic (exact) mass is 688 g/mol. The largest absolute Gasteiger partial charge is 0.366 e. The SMILES string of the molecule is Brc1ccc2cc[nH]c2n1.C[Si](C)(C)CCOCCl.C[Si](C)(C)CCOCn1ccc2ccc(Br)nc21. The topological polar surface area (TPSA) is 65.0 Å². The van der Waals surface area contributed by atoms with Gasteiger partial charge < -0.3 is 19.0 Å². The van der Waals surface area contributed by atoms with E-state index in [1.54, 1.807) is 0 Å². The molecule has 0 aliphatic heterocycles. The molecule has 0 saturated heterocycles. The van der Waals surface area contributed by atoms with Gasteiger partial charge >= 0.3 is 0 Å². The van der Waals surface area contributed by atoms with Crippen LogP contribution in [0.2, 0.25) is 51.4 Å². The van der Waals surface area contributed by atoms with Crippen LogP contribution in [0.4, 0.5) is 0 Å². The van der Waals surface area contributed by atoms with E-state index in [1.165, 1.54) is 12.1 Å². The lowest BCUT2D eigenvalue weighted by atomic mass is 10.3. The van der Waals surface area contributed by atoms with Crippen LogP contribution >= 0.6 is 43.5 Å². The van der Waals surface area contributed by atoms with Gasteiger partial charge in [-0.3, -0.25) is 0 Å². The molecule has 0 aliphatic carbocycles. The molecule has 4 aromatic rings. The number of halogens is 3. The summed E-state index contributed by atoms with van der Waals surface area (Å²) in [5, 5.41) is 2.29. The maximum Gasteiger partial charge on any atom is 0.143 e. The number of rotatable bonds is 9. The third kappa shape index (κ3) is 13.1. The van der Waals surface area contributed by atoms with Crippen LogP contribution in [0.25, 0.3) is 22.1 Å². The number of alkyl halides is 1. The van der Waals surface area contributed by atoms with Gasteiger partial charge in [0.05, 0.1) is 0 Å². The minimum Gasteiger partial charge on any atom is -0.366 e. The molecular formula is C26H39Br2ClN4O2Si2. The number of hydrogen-bond donors (Lipinski definition) is 1. The first-order chi connectivity index (χ1) is 17.4. The van der Waals surface area contributed by atoms with Gasteiger partial charge in [-0.25, -0.2) is 9.97 Å². The number of nitrogens with zero attached hydrogens (tertiary/aromatic N) is 3. The fraction of sp³-hybridized carbons (Fsp3) is 0.462. The van der Waals surface area contributed by atoms with Crippen LogP contribution in [0.5, 0.6) is 0 Å². The molecule has 0 amide bonds. The van der Waals surface area contributed by atoms with Crippen LogP contribution in [0.1, 0.15) is 0 Å². The van der Waals surface area contributed by atoms with Crippen LogP contribution in [-0.4, -0.2) is 54.9 Å². The van der Waals surface area contributed by atoms with Gasteiger partial charge in [0.15, 0.2) is 0 Å². The van der Waals surface area contributed by atoms with Gasteiger partial charge in [-0.05, 0) is 80.3 Å². The Hall–Kier alpha value is -1.02. The molecule has 0 aliphatic rings. The second-order valence-corrected chi connectivity index (χ2v) is 24.1. The lowest BCUT2D eigenvalue weighted by Crippen LogP contribution is -2.22. The summed E-state index contributed by atoms with van der Waals surface area (Å²) in [5.74, 6) is 0. The molecule has 0 atom stereocenters. The van der Waals surface area contributed by atoms with Crippen molar-refractivity contribution in [3.05, 3.63) is 58.0 Å². The summed E-state index contributed by atoms with van der Waals surface area (Å²) in [7, 11) is -1.88. The number of hydrogen-bond acceptors (Lipinski definition) is 4. The summed E-state index contributed by atoms with van der Waals surface area (Å²) >= 11 is 12.0. The molecule has 37 heavy (non-hydrogen) atoms. The van der Waals surface area contributed by atoms with Crippen molar-refractivity contribution in [2.45, 2.75) is 58.1 Å². The molecule has 0 bridgehead atoms. The summed E-state index contributed by atoms with van der Waals surface area (Å²) < 4.78 is 14.5. The standard InChI is InChI=1S/C13H19BrN2OSi.C7H5BrN2.C6H15ClOSi/c1-18(2,3)9-8-17-10-16-7-6-11-4-5-12(14)15-13(11)16;8-6-2-1-5-3-4-9-7(5)10-6;1-9(2,3)5-4-8-6-7/h4-7H,8-10H2,1-3H3;1-4H,(H,9,10);4-6H2,1-3H3. The van der Waals surface area contributed by atoms with Crippen molar-refractivity contribution in [1.29, 1.82) is 0 Å². The third-order valence-electron chi connectivity index (χ3n) is 5.25. The zero-order valence-corrected chi connectivity index (χ0v) is 28.6. The minimum atomic E-state index is -0.999. The van der Waals surface area contributed by atoms with Gasteiger partial charge in [-0.15, -0.1) is 0 Å². The molecule has 6 nitrogen and oxygen atoms in total. The smallest absolute Gasteiger partial charge is 0.143 e. The Labute approximate surface area is 244 Å². The molecule has 1 N–H and O–H groups in total. The van der Waals surface area contributed by atoms with E-state index in [-0.39, 0.29) is 0 Å². The van der Waals surface area contributed by atoms with E-state index in [9.17, 15) is 0 Å². The van der Waals surface area contributed by atoms with E-state index in [4.69, 9.17) is 21.1 Å². The van der Waals surface area contributed by atoms with Crippen molar-refractivity contribution < 1.29 is 9.47 Å². The van der Waals surface area contributed by atoms with Crippen molar-refractivity contribution in [3.63, 3.8) is 0 Å². The lowest BCUT2D eigenvalue weighted by Gasteiger charge is -2.15. The average Bonchev–Trinajstić information content (AvgIpc) is 3.42. The summed E-state index contributed by atoms with van der Waals surface area (Å²) in [6, 6.07) is 14.8. The number of fused-ring (bicyclic) bond motifs is 2. The number of aromatic nitrogens is 4. The Balaban J connectivity index is 0.000000214. The highest BCUT2D eigenvalue weighted by Crippen LogP contribution is 2.17. The summed E-state index contributed by atoms with van der Waals surface area (Å²) in [6.07, 6.45) is 3.91. The zero-order chi connectivity index (χ0) is 27.5. The van der Waals surface area contributed by atoms with E-state index in [0.717, 1.165) is 44.5 Å². The molecule has 11 heteroatoms. The van der Waals surface area contributed by atoms with Crippen molar-refractivity contribution in [2.24, 2.45) is 0 Å². The van der Waals surface area contributed by atoms with Gasteiger partial charge in [0.1, 0.15) is 33.3 Å². The zero-order valence-electron chi connectivity index (χ0n) is 22.7. The first-order valence-corrected chi connectivity index (χ1v) is 21.8. The second kappa shape index (κ2) is 15.5. The van der Waals surface area contributed by atoms with Gasteiger partial charge in [-0.1, -0.05) is 50.9 Å². The Morgan fingerprint density at radius 1 is 0.811 bits per heavy atom. The number of ether oxygens (including phenoxy) is 2. The lowest BCUT2D eigenvalue weighted by molar-refractivity contribution is 0.0899. The van der Waals surface area contributed by atoms with Crippen molar-refractivity contribution >= 4 is 81.7 Å². The molecule has 4 rings (SSSR count). The minimum absolute atomic E-state index is 0.338. The number of aromatic amines is 1. The van der Waals surface area contributed by atoms with Crippen LogP contribution in [0, 0.1) is 0 Å². The molecule has 4 heterocycles. The molecule has 0 spiro atoms. The normalized spacial score (nSPS) is 11.7. The molecule has 0 unspecified atom stereocenters. The highest BCUT2D eigenvalue weighted by molar-refractivity contribution is 9.10. The van der Waals surface area contributed by atoms with Gasteiger partial charge in [0.25, 0.3) is 0 Å². The summed E-state index contributed by atoms with van der Waals surface area (Å²) in [4.78, 5) is 11.7. The number of nitrogens with one attached hydrogen (secondary N) is 1. The van der Waals surface area contributed by atoms with E-state index < -0.39 is 16.1 Å². The summed E-state index contributed by atoms with van der Waals surface area (Å²) in [5.41, 5.74) is 1.90. The first-order valence-electron chi connectivity index (χ1n) is 12.3. The fourth-order valence-corrected chi connectivity index (χ4v) is 5.25. The Morgan fingerprint density at radius 3 is 2.03 bits per heavy atom. The number of pyridine rings is 2. The summed E-state index contributed by atoms with van der Waals surface area (Å²) in [6.45, 7) is 16.3. The Bertz CT molecular complexity index is 1220. The van der Waals surface area contributed by atoms with Gasteiger partial charge in [0.2, 0.25) is 0 Å². The predicted octanol–water partition coefficient (Wildman–Crippen LogP) is 8.97. The second-order valence-electron chi connectivity index (χ2n) is 11.1. The molecule has 204 valence electrons. The molecule has 0 aromatic carbocycles. The average molecular weight is 691 g/mol. The molecule has 0 radical (unpaired) electrons. The molecule has 0 fully saturated rings. The first kappa shape index (κ1) is 32.2. The van der Waals surface area contributed by atoms with Gasteiger partial charge in [-0.2, -0.15) is 0 Å². The number of H-pyrrole nitrogens is 1. The Morgan fingerprint density at radius 2 is 1.41 bits per heavy atom. The van der Waals surface area contributed by atoms with Crippen LogP contribution in [0.15, 0.2) is 58.0 Å². The molecule has 0 saturated carbocycles. The third-order valence-corrected chi connectivity index (χ3v) is 9.70. The molecule has 4 aromatic heterocycles. The van der Waals surface area contributed by atoms with E-state index in [0.29, 0.717) is 12.8 Å². The van der Waals surface area contributed by atoms with Gasteiger partial charge in [0, 0.05) is 52.5 Å². The molecular weight excluding hydrogens is 652 g/mol. The van der Waals surface area contributed by atoms with Crippen LogP contribution < -0.4 is 0 Å². The fourth-order valence-electron chi connectivity index (χ4n) is 3.02. The highest BCUT2D eigenvalue weighted by Gasteiger charge is 2.12. The van der Waals surface area contributed by atoms with E-state index >= 15 is 0 Å². The van der Waals surface area contributed by atoms with Crippen molar-refractivity contribution in [2.75, 3.05) is 19.3 Å². The van der Waals surface area contributed by atoms with Crippen LogP contribution in [-0.2, 0) is 16.2 Å². The predicted molar refractivity (Wildman–Crippen MR) is 170 cm³/mol. The van der Waals surface area contributed by atoms with E-state index in [1.807, 2.05) is 41.2 Å². The van der Waals surface area contributed by atoms with Crippen molar-refractivity contribution in [1.82, 2.24) is 19.5 Å². The maximum absolute atomic E-state index is 5.74. The Kier molecular flexibility index (Phi) is 13.5. The van der Waals surface area contributed by atoms with E-state index in [2.05, 4.69) is 98.2 Å². The van der Waals surface area contributed by atoms with Crippen LogP contribution in [0.3, 0.4) is 0 Å².